The van der Waals surface area contributed by atoms with Gasteiger partial charge in [-0.15, -0.1) is 0 Å². The highest BCUT2D eigenvalue weighted by Crippen LogP contribution is 2.41. The van der Waals surface area contributed by atoms with Crippen molar-refractivity contribution in [1.82, 2.24) is 19.9 Å². The first-order chi connectivity index (χ1) is 22.0. The topological polar surface area (TPSA) is 72.8 Å². The van der Waals surface area contributed by atoms with Gasteiger partial charge in [0.2, 0.25) is 5.88 Å². The van der Waals surface area contributed by atoms with Gasteiger partial charge in [0, 0.05) is 29.9 Å². The van der Waals surface area contributed by atoms with Crippen molar-refractivity contribution < 1.29 is 31.8 Å². The van der Waals surface area contributed by atoms with E-state index >= 15 is 0 Å². The monoisotopic (exact) mass is 659 g/mol. The minimum absolute atomic E-state index is 0.0731. The summed E-state index contributed by atoms with van der Waals surface area (Å²) in [5, 5.41) is 0.171. The number of aromatic nitrogens is 3. The zero-order valence-electron chi connectivity index (χ0n) is 25.8. The summed E-state index contributed by atoms with van der Waals surface area (Å²) < 4.78 is 72.1. The van der Waals surface area contributed by atoms with Crippen molar-refractivity contribution in [3.05, 3.63) is 94.8 Å². The quantitative estimate of drug-likeness (QED) is 0.127. The Labute approximate surface area is 269 Å². The van der Waals surface area contributed by atoms with Gasteiger partial charge in [0.15, 0.2) is 5.15 Å². The first kappa shape index (κ1) is 33.2. The van der Waals surface area contributed by atoms with Crippen LogP contribution in [0.3, 0.4) is 0 Å². The second kappa shape index (κ2) is 14.1. The van der Waals surface area contributed by atoms with Crippen molar-refractivity contribution in [2.75, 3.05) is 33.2 Å². The summed E-state index contributed by atoms with van der Waals surface area (Å²) in [4.78, 5) is 16.8. The van der Waals surface area contributed by atoms with Gasteiger partial charge in [-0.3, -0.25) is 0 Å². The standard InChI is InChI=1S/C33H34ClF4N5O3/c1-42(2)27-15-20(24-16-22(33(36,37)38)7-9-25(24)35)6-11-28(27)46-31-12-10-26(32(34)41-31)43(30-13-14-39-19-40-30)18-21-5-8-23(44-3)17-29(21)45-4/h5,7-10,12-14,16-17,19-20,27-28H,6,11,15,18H2,1-4H3/t20-,27-,28-/m0/s1. The SMILES string of the molecule is COc1ccc(CN(c2ccncn2)c2ccc(O[C@H]3CC[C@H](c4cc(C(F)(F)F)ccc4F)C[C@@H]3N(C)C)nc2Cl)c(OC)c1. The average molecular weight is 660 g/mol. The van der Waals surface area contributed by atoms with Crippen LogP contribution in [0, 0.1) is 5.82 Å². The molecule has 0 saturated heterocycles. The van der Waals surface area contributed by atoms with Crippen LogP contribution in [0.5, 0.6) is 17.4 Å². The largest absolute Gasteiger partial charge is 0.497 e. The number of likely N-dealkylation sites (N-methyl/N-ethyl adjacent to an activating group) is 1. The fourth-order valence-electron chi connectivity index (χ4n) is 5.83. The molecule has 244 valence electrons. The highest BCUT2D eigenvalue weighted by molar-refractivity contribution is 6.32. The molecule has 0 bridgehead atoms. The van der Waals surface area contributed by atoms with E-state index in [1.807, 2.05) is 36.0 Å². The average Bonchev–Trinajstić information content (AvgIpc) is 3.04. The maximum Gasteiger partial charge on any atom is 0.416 e. The molecule has 8 nitrogen and oxygen atoms in total. The van der Waals surface area contributed by atoms with E-state index in [-0.39, 0.29) is 22.9 Å². The van der Waals surface area contributed by atoms with E-state index < -0.39 is 23.5 Å². The molecular formula is C33H34ClF4N5O3. The summed E-state index contributed by atoms with van der Waals surface area (Å²) in [5.41, 5.74) is 0.632. The number of hydrogen-bond acceptors (Lipinski definition) is 8. The third-order valence-electron chi connectivity index (χ3n) is 8.21. The molecule has 3 atom stereocenters. The van der Waals surface area contributed by atoms with Crippen molar-refractivity contribution in [3.8, 4) is 17.4 Å². The van der Waals surface area contributed by atoms with Gasteiger partial charge in [0.05, 0.1) is 32.0 Å². The van der Waals surface area contributed by atoms with E-state index in [0.717, 1.165) is 23.8 Å². The maximum atomic E-state index is 14.7. The molecule has 2 heterocycles. The van der Waals surface area contributed by atoms with Crippen LogP contribution in [0.15, 0.2) is 67.1 Å². The van der Waals surface area contributed by atoms with E-state index in [4.69, 9.17) is 25.8 Å². The van der Waals surface area contributed by atoms with Crippen LogP contribution in [0.25, 0.3) is 0 Å². The highest BCUT2D eigenvalue weighted by atomic mass is 35.5. The van der Waals surface area contributed by atoms with Gasteiger partial charge in [0.25, 0.3) is 0 Å². The van der Waals surface area contributed by atoms with Crippen LogP contribution in [-0.4, -0.2) is 60.3 Å². The second-order valence-corrected chi connectivity index (χ2v) is 11.6. The predicted molar refractivity (Wildman–Crippen MR) is 167 cm³/mol. The maximum absolute atomic E-state index is 14.7. The van der Waals surface area contributed by atoms with Gasteiger partial charge in [-0.25, -0.2) is 14.4 Å². The summed E-state index contributed by atoms with van der Waals surface area (Å²) in [6.07, 6.45) is -0.496. The van der Waals surface area contributed by atoms with Gasteiger partial charge in [-0.2, -0.15) is 18.2 Å². The lowest BCUT2D eigenvalue weighted by Crippen LogP contribution is -2.46. The number of nitrogens with zero attached hydrogens (tertiary/aromatic N) is 5. The molecule has 4 aromatic rings. The number of methoxy groups -OCH3 is 2. The van der Waals surface area contributed by atoms with Gasteiger partial charge in [-0.1, -0.05) is 11.6 Å². The van der Waals surface area contributed by atoms with Crippen molar-refractivity contribution in [2.45, 2.75) is 50.0 Å². The molecule has 0 radical (unpaired) electrons. The van der Waals surface area contributed by atoms with Gasteiger partial charge >= 0.3 is 6.18 Å². The Balaban J connectivity index is 1.38. The Bertz CT molecular complexity index is 1640. The van der Waals surface area contributed by atoms with Crippen molar-refractivity contribution >= 4 is 23.1 Å². The number of benzene rings is 2. The Hall–Kier alpha value is -4.16. The first-order valence-electron chi connectivity index (χ1n) is 14.6. The molecule has 0 aliphatic heterocycles. The van der Waals surface area contributed by atoms with E-state index in [1.54, 1.807) is 44.7 Å². The minimum atomic E-state index is -4.55. The number of ether oxygens (including phenoxy) is 3. The fraction of sp³-hybridized carbons (Fsp3) is 0.364. The summed E-state index contributed by atoms with van der Waals surface area (Å²) in [5.74, 6) is 1.11. The molecule has 46 heavy (non-hydrogen) atoms. The number of alkyl halides is 3. The lowest BCUT2D eigenvalue weighted by molar-refractivity contribution is -0.137. The molecule has 5 rings (SSSR count). The molecular weight excluding hydrogens is 626 g/mol. The van der Waals surface area contributed by atoms with E-state index in [9.17, 15) is 17.6 Å². The van der Waals surface area contributed by atoms with Crippen LogP contribution in [0.4, 0.5) is 29.1 Å². The Kier molecular flexibility index (Phi) is 10.2. The number of hydrogen-bond donors (Lipinski definition) is 0. The lowest BCUT2D eigenvalue weighted by Gasteiger charge is -2.39. The summed E-state index contributed by atoms with van der Waals surface area (Å²) in [7, 11) is 6.89. The number of rotatable bonds is 10. The normalized spacial score (nSPS) is 18.3. The zero-order valence-corrected chi connectivity index (χ0v) is 26.5. The minimum Gasteiger partial charge on any atom is -0.497 e. The number of halogens is 5. The lowest BCUT2D eigenvalue weighted by atomic mass is 9.78. The Morgan fingerprint density at radius 3 is 2.43 bits per heavy atom. The molecule has 0 amide bonds. The van der Waals surface area contributed by atoms with Crippen LogP contribution in [-0.2, 0) is 12.7 Å². The molecule has 2 aromatic heterocycles. The molecule has 0 N–H and O–H groups in total. The van der Waals surface area contributed by atoms with Crippen molar-refractivity contribution in [2.24, 2.45) is 0 Å². The number of pyridine rings is 1. The summed E-state index contributed by atoms with van der Waals surface area (Å²) >= 11 is 6.78. The van der Waals surface area contributed by atoms with Crippen LogP contribution in [0.1, 0.15) is 41.9 Å². The third-order valence-corrected chi connectivity index (χ3v) is 8.49. The van der Waals surface area contributed by atoms with Crippen LogP contribution in [0.2, 0.25) is 5.15 Å². The number of anilines is 2. The molecule has 2 aromatic carbocycles. The zero-order chi connectivity index (χ0) is 33.0. The molecule has 1 fully saturated rings. The Morgan fingerprint density at radius 1 is 0.978 bits per heavy atom. The Morgan fingerprint density at radius 2 is 1.78 bits per heavy atom. The molecule has 1 aliphatic rings. The summed E-state index contributed by atoms with van der Waals surface area (Å²) in [6, 6.07) is 13.2. The molecule has 13 heteroatoms. The van der Waals surface area contributed by atoms with Gasteiger partial charge < -0.3 is 24.0 Å². The van der Waals surface area contributed by atoms with E-state index in [1.165, 1.54) is 6.33 Å². The van der Waals surface area contributed by atoms with Crippen molar-refractivity contribution in [3.63, 3.8) is 0 Å². The molecule has 0 unspecified atom stereocenters. The van der Waals surface area contributed by atoms with Gasteiger partial charge in [0.1, 0.15) is 35.6 Å². The molecule has 1 aliphatic carbocycles. The van der Waals surface area contributed by atoms with E-state index in [2.05, 4.69) is 15.0 Å². The summed E-state index contributed by atoms with van der Waals surface area (Å²) in [6.45, 7) is 0.338. The molecule has 1 saturated carbocycles. The van der Waals surface area contributed by atoms with Gasteiger partial charge in [-0.05, 0) is 87.3 Å². The van der Waals surface area contributed by atoms with Crippen molar-refractivity contribution in [1.29, 1.82) is 0 Å². The van der Waals surface area contributed by atoms with E-state index in [0.29, 0.717) is 54.7 Å². The second-order valence-electron chi connectivity index (χ2n) is 11.2. The van der Waals surface area contributed by atoms with Crippen LogP contribution >= 0.6 is 11.6 Å². The first-order valence-corrected chi connectivity index (χ1v) is 15.0. The molecule has 0 spiro atoms. The fourth-order valence-corrected chi connectivity index (χ4v) is 6.08. The van der Waals surface area contributed by atoms with Crippen LogP contribution < -0.4 is 19.1 Å². The third kappa shape index (κ3) is 7.45. The predicted octanol–water partition coefficient (Wildman–Crippen LogP) is 7.68. The smallest absolute Gasteiger partial charge is 0.416 e. The highest BCUT2D eigenvalue weighted by Gasteiger charge is 2.37.